The zero-order valence-electron chi connectivity index (χ0n) is 13.1. The van der Waals surface area contributed by atoms with Gasteiger partial charge in [0.2, 0.25) is 11.8 Å². The highest BCUT2D eigenvalue weighted by atomic mass is 16.5. The van der Waals surface area contributed by atoms with E-state index in [2.05, 4.69) is 15.4 Å². The van der Waals surface area contributed by atoms with Crippen LogP contribution in [0.25, 0.3) is 0 Å². The molecule has 0 spiro atoms. The van der Waals surface area contributed by atoms with Crippen molar-refractivity contribution < 1.29 is 28.6 Å². The lowest BCUT2D eigenvalue weighted by Crippen LogP contribution is -2.52. The number of carbonyl (C=O) groups is 3. The van der Waals surface area contributed by atoms with Crippen LogP contribution in [0, 0.1) is 0 Å². The summed E-state index contributed by atoms with van der Waals surface area (Å²) in [6, 6.07) is 0. The van der Waals surface area contributed by atoms with Gasteiger partial charge in [0, 0.05) is 20.6 Å². The number of esters is 1. The Kier molecular flexibility index (Phi) is 9.31. The van der Waals surface area contributed by atoms with Gasteiger partial charge in [0.1, 0.15) is 18.4 Å². The predicted molar refractivity (Wildman–Crippen MR) is 74.3 cm³/mol. The van der Waals surface area contributed by atoms with Crippen LogP contribution in [-0.2, 0) is 28.6 Å². The highest BCUT2D eigenvalue weighted by molar-refractivity contribution is 5.83. The van der Waals surface area contributed by atoms with Crippen molar-refractivity contribution in [3.8, 4) is 0 Å². The Morgan fingerprint density at radius 2 is 1.33 bits per heavy atom. The second kappa shape index (κ2) is 10.1. The first-order chi connectivity index (χ1) is 9.85. The summed E-state index contributed by atoms with van der Waals surface area (Å²) in [5, 5.41) is 5.20. The third-order valence-electron chi connectivity index (χ3n) is 2.94. The lowest BCUT2D eigenvalue weighted by molar-refractivity contribution is -0.142. The van der Waals surface area contributed by atoms with Gasteiger partial charge in [0.25, 0.3) is 0 Å². The highest BCUT2D eigenvalue weighted by Gasteiger charge is 2.22. The van der Waals surface area contributed by atoms with Gasteiger partial charge in [-0.15, -0.1) is 0 Å². The van der Waals surface area contributed by atoms with E-state index in [1.54, 1.807) is 13.8 Å². The Balaban J connectivity index is 4.64. The number of amides is 2. The summed E-state index contributed by atoms with van der Waals surface area (Å²) in [6.07, 6.45) is -1.77. The molecule has 0 bridgehead atoms. The van der Waals surface area contributed by atoms with E-state index in [-0.39, 0.29) is 12.8 Å². The van der Waals surface area contributed by atoms with Gasteiger partial charge in [0.15, 0.2) is 0 Å². The van der Waals surface area contributed by atoms with Crippen molar-refractivity contribution in [3.63, 3.8) is 0 Å². The van der Waals surface area contributed by atoms with Crippen LogP contribution in [0.4, 0.5) is 0 Å². The Hall–Kier alpha value is -1.67. The van der Waals surface area contributed by atoms with Crippen LogP contribution in [-0.4, -0.2) is 57.5 Å². The molecule has 0 radical (unpaired) electrons. The van der Waals surface area contributed by atoms with Gasteiger partial charge in [-0.3, -0.25) is 14.4 Å². The van der Waals surface area contributed by atoms with Gasteiger partial charge < -0.3 is 24.8 Å². The quantitative estimate of drug-likeness (QED) is 0.442. The minimum atomic E-state index is -0.709. The average Bonchev–Trinajstić information content (AvgIpc) is 2.49. The van der Waals surface area contributed by atoms with E-state index in [1.165, 1.54) is 21.3 Å². The van der Waals surface area contributed by atoms with E-state index in [0.29, 0.717) is 0 Å². The van der Waals surface area contributed by atoms with Gasteiger partial charge in [-0.2, -0.15) is 0 Å². The smallest absolute Gasteiger partial charge is 0.305 e. The molecule has 8 nitrogen and oxygen atoms in total. The average molecular weight is 304 g/mol. The molecule has 0 aromatic rings. The molecule has 2 N–H and O–H groups in total. The Morgan fingerprint density at radius 3 is 1.67 bits per heavy atom. The maximum atomic E-state index is 11.8. The van der Waals surface area contributed by atoms with Crippen LogP contribution in [0.2, 0.25) is 0 Å². The number of methoxy groups -OCH3 is 3. The van der Waals surface area contributed by atoms with Crippen LogP contribution >= 0.6 is 0 Å². The second-order valence-corrected chi connectivity index (χ2v) is 4.44. The molecule has 0 aromatic heterocycles. The first-order valence-corrected chi connectivity index (χ1v) is 6.58. The van der Waals surface area contributed by atoms with Crippen molar-refractivity contribution in [2.45, 2.75) is 45.1 Å². The normalized spacial score (nSPS) is 14.7. The SMILES string of the molecule is COC(=O)CCC(NC(=O)C(C)OC)NC(=O)C(C)OC. The number of carbonyl (C=O) groups excluding carboxylic acids is 3. The molecule has 2 unspecified atom stereocenters. The summed E-state index contributed by atoms with van der Waals surface area (Å²) >= 11 is 0. The van der Waals surface area contributed by atoms with E-state index < -0.39 is 36.2 Å². The molecule has 21 heavy (non-hydrogen) atoms. The van der Waals surface area contributed by atoms with Crippen LogP contribution in [0.5, 0.6) is 0 Å². The van der Waals surface area contributed by atoms with Crippen LogP contribution in [0.3, 0.4) is 0 Å². The molecule has 0 aliphatic rings. The van der Waals surface area contributed by atoms with Crippen molar-refractivity contribution in [3.05, 3.63) is 0 Å². The monoisotopic (exact) mass is 304 g/mol. The van der Waals surface area contributed by atoms with Gasteiger partial charge in [-0.1, -0.05) is 0 Å². The topological polar surface area (TPSA) is 103 Å². The minimum Gasteiger partial charge on any atom is -0.469 e. The van der Waals surface area contributed by atoms with E-state index in [0.717, 1.165) is 0 Å². The van der Waals surface area contributed by atoms with Crippen LogP contribution < -0.4 is 10.6 Å². The number of ether oxygens (including phenoxy) is 3. The lowest BCUT2D eigenvalue weighted by atomic mass is 10.2. The van der Waals surface area contributed by atoms with Crippen molar-refractivity contribution in [2.75, 3.05) is 21.3 Å². The summed E-state index contributed by atoms with van der Waals surface area (Å²) < 4.78 is 14.3. The summed E-state index contributed by atoms with van der Waals surface area (Å²) in [5.74, 6) is -1.21. The van der Waals surface area contributed by atoms with Gasteiger partial charge >= 0.3 is 5.97 Å². The zero-order valence-corrected chi connectivity index (χ0v) is 13.1. The molecule has 8 heteroatoms. The molecule has 0 aliphatic carbocycles. The molecule has 0 saturated carbocycles. The van der Waals surface area contributed by atoms with Gasteiger partial charge in [-0.25, -0.2) is 0 Å². The number of hydrogen-bond donors (Lipinski definition) is 2. The van der Waals surface area contributed by atoms with Crippen molar-refractivity contribution in [2.24, 2.45) is 0 Å². The molecule has 0 aliphatic heterocycles. The Bertz CT molecular complexity index is 337. The third-order valence-corrected chi connectivity index (χ3v) is 2.94. The van der Waals surface area contributed by atoms with Crippen LogP contribution in [0.15, 0.2) is 0 Å². The fourth-order valence-corrected chi connectivity index (χ4v) is 1.34. The van der Waals surface area contributed by atoms with Crippen molar-refractivity contribution in [1.82, 2.24) is 10.6 Å². The molecular formula is C13H24N2O6. The van der Waals surface area contributed by atoms with E-state index in [1.807, 2.05) is 0 Å². The maximum Gasteiger partial charge on any atom is 0.305 e. The fourth-order valence-electron chi connectivity index (χ4n) is 1.34. The lowest BCUT2D eigenvalue weighted by Gasteiger charge is -2.23. The fraction of sp³-hybridized carbons (Fsp3) is 0.769. The zero-order chi connectivity index (χ0) is 16.4. The van der Waals surface area contributed by atoms with Gasteiger partial charge in [-0.05, 0) is 20.3 Å². The van der Waals surface area contributed by atoms with E-state index >= 15 is 0 Å². The first-order valence-electron chi connectivity index (χ1n) is 6.58. The predicted octanol–water partition coefficient (Wildman–Crippen LogP) is -0.432. The number of hydrogen-bond acceptors (Lipinski definition) is 6. The van der Waals surface area contributed by atoms with Gasteiger partial charge in [0.05, 0.1) is 7.11 Å². The molecule has 2 atom stereocenters. The number of rotatable bonds is 9. The molecule has 2 amide bonds. The Labute approximate surface area is 124 Å². The van der Waals surface area contributed by atoms with E-state index in [9.17, 15) is 14.4 Å². The molecular weight excluding hydrogens is 280 g/mol. The summed E-state index contributed by atoms with van der Waals surface area (Å²) in [5.41, 5.74) is 0. The third kappa shape index (κ3) is 7.62. The maximum absolute atomic E-state index is 11.8. The number of nitrogens with one attached hydrogen (secondary N) is 2. The highest BCUT2D eigenvalue weighted by Crippen LogP contribution is 2.00. The molecule has 0 aromatic carbocycles. The first kappa shape index (κ1) is 19.3. The summed E-state index contributed by atoms with van der Waals surface area (Å²) in [4.78, 5) is 34.7. The van der Waals surface area contributed by atoms with Crippen molar-refractivity contribution >= 4 is 17.8 Å². The Morgan fingerprint density at radius 1 is 0.905 bits per heavy atom. The molecule has 0 rings (SSSR count). The minimum absolute atomic E-state index is 0.0600. The van der Waals surface area contributed by atoms with Crippen LogP contribution in [0.1, 0.15) is 26.7 Å². The van der Waals surface area contributed by atoms with E-state index in [4.69, 9.17) is 9.47 Å². The molecule has 0 saturated heterocycles. The molecule has 0 fully saturated rings. The largest absolute Gasteiger partial charge is 0.469 e. The summed E-state index contributed by atoms with van der Waals surface area (Å²) in [7, 11) is 4.08. The summed E-state index contributed by atoms with van der Waals surface area (Å²) in [6.45, 7) is 3.15. The molecule has 0 heterocycles. The standard InChI is InChI=1S/C13H24N2O6/c1-8(19-3)12(17)14-10(6-7-11(16)21-5)15-13(18)9(2)20-4/h8-10H,6-7H2,1-5H3,(H,14,17)(H,15,18). The second-order valence-electron chi connectivity index (χ2n) is 4.44. The van der Waals surface area contributed by atoms with Crippen molar-refractivity contribution in [1.29, 1.82) is 0 Å². The molecule has 122 valence electrons.